The van der Waals surface area contributed by atoms with Gasteiger partial charge in [-0.25, -0.2) is 0 Å². The third-order valence-corrected chi connectivity index (χ3v) is 4.32. The molecule has 2 rings (SSSR count). The topological polar surface area (TPSA) is 61.4 Å². The van der Waals surface area contributed by atoms with Gasteiger partial charge in [0.2, 0.25) is 5.91 Å². The smallest absolute Gasteiger partial charge is 0.254 e. The van der Waals surface area contributed by atoms with Crippen molar-refractivity contribution in [1.82, 2.24) is 10.2 Å². The van der Waals surface area contributed by atoms with E-state index >= 15 is 0 Å². The monoisotopic (exact) mass is 327 g/mol. The first-order valence-electron chi connectivity index (χ1n) is 8.19. The predicted molar refractivity (Wildman–Crippen MR) is 96.9 cm³/mol. The highest BCUT2D eigenvalue weighted by Gasteiger charge is 2.28. The number of benzene rings is 1. The largest absolute Gasteiger partial charge is 0.331 e. The molecule has 0 spiro atoms. The first-order chi connectivity index (χ1) is 11.6. The Kier molecular flexibility index (Phi) is 6.32. The second kappa shape index (κ2) is 8.45. The predicted octanol–water partition coefficient (Wildman–Crippen LogP) is 2.29. The number of hydrogen-bond acceptors (Lipinski definition) is 3. The Balaban J connectivity index is 1.98. The van der Waals surface area contributed by atoms with E-state index in [0.717, 1.165) is 13.1 Å². The van der Waals surface area contributed by atoms with Crippen LogP contribution in [0.25, 0.3) is 0 Å². The van der Waals surface area contributed by atoms with Crippen LogP contribution in [0.2, 0.25) is 0 Å². The molecule has 1 aromatic rings. The van der Waals surface area contributed by atoms with Gasteiger partial charge in [0.25, 0.3) is 5.91 Å². The van der Waals surface area contributed by atoms with E-state index < -0.39 is 0 Å². The zero-order valence-corrected chi connectivity index (χ0v) is 14.1. The van der Waals surface area contributed by atoms with Crippen molar-refractivity contribution in [3.8, 4) is 0 Å². The molecule has 1 heterocycles. The molecule has 128 valence electrons. The van der Waals surface area contributed by atoms with E-state index in [2.05, 4.69) is 23.8 Å². The number of carbonyl (C=O) groups is 2. The minimum Gasteiger partial charge on any atom is -0.331 e. The van der Waals surface area contributed by atoms with Gasteiger partial charge in [0.1, 0.15) is 0 Å². The minimum absolute atomic E-state index is 0.0144. The fourth-order valence-electron chi connectivity index (χ4n) is 2.57. The van der Waals surface area contributed by atoms with Crippen molar-refractivity contribution in [1.29, 1.82) is 0 Å². The molecule has 1 aromatic carbocycles. The van der Waals surface area contributed by atoms with Crippen LogP contribution in [0.5, 0.6) is 0 Å². The number of nitrogens with one attached hydrogen (secondary N) is 2. The molecule has 5 nitrogen and oxygen atoms in total. The lowest BCUT2D eigenvalue weighted by Crippen LogP contribution is -2.48. The Morgan fingerprint density at radius 1 is 1.25 bits per heavy atom. The fraction of sp³-hybridized carbons (Fsp3) is 0.368. The Bertz CT molecular complexity index is 596. The summed E-state index contributed by atoms with van der Waals surface area (Å²) in [6.07, 6.45) is 3.37. The number of nitrogens with zero attached hydrogens (tertiary/aromatic N) is 1. The zero-order valence-electron chi connectivity index (χ0n) is 14.1. The first-order valence-corrected chi connectivity index (χ1v) is 8.19. The molecule has 2 N–H and O–H groups in total. The summed E-state index contributed by atoms with van der Waals surface area (Å²) in [7, 11) is 0. The summed E-state index contributed by atoms with van der Waals surface area (Å²) in [6.45, 7) is 12.0. The van der Waals surface area contributed by atoms with Crippen molar-refractivity contribution in [2.24, 2.45) is 11.8 Å². The maximum Gasteiger partial charge on any atom is 0.254 e. The average molecular weight is 327 g/mol. The van der Waals surface area contributed by atoms with Crippen LogP contribution in [0.4, 0.5) is 5.69 Å². The normalized spacial score (nSPS) is 15.0. The molecule has 0 aliphatic carbocycles. The number of rotatable bonds is 8. The zero-order chi connectivity index (χ0) is 17.5. The van der Waals surface area contributed by atoms with Gasteiger partial charge in [-0.15, -0.1) is 13.2 Å². The van der Waals surface area contributed by atoms with Crippen LogP contribution >= 0.6 is 0 Å². The second-order valence-corrected chi connectivity index (χ2v) is 6.06. The maximum atomic E-state index is 12.4. The van der Waals surface area contributed by atoms with Gasteiger partial charge in [-0.2, -0.15) is 0 Å². The van der Waals surface area contributed by atoms with Crippen molar-refractivity contribution in [3.63, 3.8) is 0 Å². The van der Waals surface area contributed by atoms with E-state index in [4.69, 9.17) is 0 Å². The van der Waals surface area contributed by atoms with Crippen molar-refractivity contribution in [2.75, 3.05) is 31.5 Å². The highest BCUT2D eigenvalue weighted by molar-refractivity contribution is 5.96. The minimum atomic E-state index is -0.0819. The fourth-order valence-corrected chi connectivity index (χ4v) is 2.57. The number of anilines is 1. The highest BCUT2D eigenvalue weighted by atomic mass is 16.2. The van der Waals surface area contributed by atoms with Crippen molar-refractivity contribution in [2.45, 2.75) is 6.92 Å². The summed E-state index contributed by atoms with van der Waals surface area (Å²) >= 11 is 0. The summed E-state index contributed by atoms with van der Waals surface area (Å²) in [5.74, 6) is 0.308. The molecular formula is C19H25N3O2. The van der Waals surface area contributed by atoms with Crippen LogP contribution < -0.4 is 10.6 Å². The quantitative estimate of drug-likeness (QED) is 0.720. The maximum absolute atomic E-state index is 12.4. The van der Waals surface area contributed by atoms with Gasteiger partial charge >= 0.3 is 0 Å². The molecular weight excluding hydrogens is 302 g/mol. The summed E-state index contributed by atoms with van der Waals surface area (Å²) in [5, 5.41) is 6.09. The van der Waals surface area contributed by atoms with E-state index in [1.54, 1.807) is 41.3 Å². The molecule has 1 fully saturated rings. The molecule has 24 heavy (non-hydrogen) atoms. The molecule has 1 unspecified atom stereocenters. The first kappa shape index (κ1) is 17.9. The van der Waals surface area contributed by atoms with Crippen molar-refractivity contribution < 1.29 is 9.59 Å². The van der Waals surface area contributed by atoms with Gasteiger partial charge in [-0.05, 0) is 43.3 Å². The van der Waals surface area contributed by atoms with Crippen LogP contribution in [0.1, 0.15) is 17.3 Å². The van der Waals surface area contributed by atoms with Crippen LogP contribution in [0.3, 0.4) is 0 Å². The number of amides is 2. The number of carbonyl (C=O) groups excluding carboxylic acids is 2. The molecule has 0 radical (unpaired) electrons. The Morgan fingerprint density at radius 2 is 1.83 bits per heavy atom. The Morgan fingerprint density at radius 3 is 2.29 bits per heavy atom. The lowest BCUT2D eigenvalue weighted by atomic mass is 9.88. The summed E-state index contributed by atoms with van der Waals surface area (Å²) in [5.41, 5.74) is 1.28. The third-order valence-electron chi connectivity index (χ3n) is 4.32. The van der Waals surface area contributed by atoms with Crippen LogP contribution in [0, 0.1) is 11.8 Å². The SMILES string of the molecule is C=CCN(CC=C)C(=O)c1ccc(NC(=O)C(C)C2CNC2)cc1. The molecule has 1 atom stereocenters. The summed E-state index contributed by atoms with van der Waals surface area (Å²) in [4.78, 5) is 26.3. The van der Waals surface area contributed by atoms with Gasteiger partial charge in [-0.1, -0.05) is 19.1 Å². The molecule has 5 heteroatoms. The molecule has 1 aliphatic heterocycles. The lowest BCUT2D eigenvalue weighted by molar-refractivity contribution is -0.121. The molecule has 1 saturated heterocycles. The van der Waals surface area contributed by atoms with Gasteiger partial charge in [0, 0.05) is 30.3 Å². The number of hydrogen-bond donors (Lipinski definition) is 2. The van der Waals surface area contributed by atoms with Gasteiger partial charge in [-0.3, -0.25) is 9.59 Å². The van der Waals surface area contributed by atoms with Crippen LogP contribution in [-0.2, 0) is 4.79 Å². The van der Waals surface area contributed by atoms with E-state index in [1.165, 1.54) is 0 Å². The molecule has 2 amide bonds. The molecule has 0 saturated carbocycles. The van der Waals surface area contributed by atoms with E-state index in [1.807, 2.05) is 6.92 Å². The highest BCUT2D eigenvalue weighted by Crippen LogP contribution is 2.19. The van der Waals surface area contributed by atoms with E-state index in [-0.39, 0.29) is 17.7 Å². The standard InChI is InChI=1S/C19H25N3O2/c1-4-10-22(11-5-2)19(24)15-6-8-17(9-7-15)21-18(23)14(3)16-12-20-13-16/h4-9,14,16,20H,1-2,10-13H2,3H3,(H,21,23). The van der Waals surface area contributed by atoms with Crippen molar-refractivity contribution >= 4 is 17.5 Å². The molecule has 0 aromatic heterocycles. The summed E-state index contributed by atoms with van der Waals surface area (Å²) in [6, 6.07) is 6.98. The van der Waals surface area contributed by atoms with Gasteiger partial charge in [0.15, 0.2) is 0 Å². The van der Waals surface area contributed by atoms with Crippen LogP contribution in [0.15, 0.2) is 49.6 Å². The molecule has 0 bridgehead atoms. The molecule has 1 aliphatic rings. The second-order valence-electron chi connectivity index (χ2n) is 6.06. The van der Waals surface area contributed by atoms with Crippen LogP contribution in [-0.4, -0.2) is 42.9 Å². The average Bonchev–Trinajstić information content (AvgIpc) is 2.53. The van der Waals surface area contributed by atoms with Gasteiger partial charge in [0.05, 0.1) is 0 Å². The van der Waals surface area contributed by atoms with E-state index in [0.29, 0.717) is 30.3 Å². The van der Waals surface area contributed by atoms with Gasteiger partial charge < -0.3 is 15.5 Å². The third kappa shape index (κ3) is 4.32. The summed E-state index contributed by atoms with van der Waals surface area (Å²) < 4.78 is 0. The van der Waals surface area contributed by atoms with E-state index in [9.17, 15) is 9.59 Å². The Hall–Kier alpha value is -2.40. The lowest BCUT2D eigenvalue weighted by Gasteiger charge is -2.31. The van der Waals surface area contributed by atoms with Crippen molar-refractivity contribution in [3.05, 3.63) is 55.1 Å². The Labute approximate surface area is 143 Å².